The second-order valence-corrected chi connectivity index (χ2v) is 8.77. The van der Waals surface area contributed by atoms with Crippen LogP contribution in [0, 0.1) is 5.82 Å². The predicted molar refractivity (Wildman–Crippen MR) is 146 cm³/mol. The van der Waals surface area contributed by atoms with Crippen molar-refractivity contribution in [2.75, 3.05) is 23.9 Å². The number of rotatable bonds is 8. The van der Waals surface area contributed by atoms with Crippen molar-refractivity contribution in [2.45, 2.75) is 6.54 Å². The summed E-state index contributed by atoms with van der Waals surface area (Å²) in [6.07, 6.45) is 2.49. The molecule has 0 bridgehead atoms. The number of carbonyl (C=O) groups excluding carboxylic acids is 1. The third-order valence-corrected chi connectivity index (χ3v) is 5.96. The highest BCUT2D eigenvalue weighted by Gasteiger charge is 2.20. The number of hydrogen-bond donors (Lipinski definition) is 1. The Labute approximate surface area is 215 Å². The number of anilines is 2. The van der Waals surface area contributed by atoms with E-state index >= 15 is 4.39 Å². The van der Waals surface area contributed by atoms with Crippen LogP contribution in [-0.4, -0.2) is 31.1 Å². The Morgan fingerprint density at radius 3 is 2.16 bits per heavy atom. The van der Waals surface area contributed by atoms with Gasteiger partial charge in [-0.25, -0.2) is 9.18 Å². The molecule has 0 radical (unpaired) electrons. The summed E-state index contributed by atoms with van der Waals surface area (Å²) in [5.41, 5.74) is 4.67. The van der Waals surface area contributed by atoms with Crippen LogP contribution < -0.4 is 9.80 Å². The maximum Gasteiger partial charge on any atom is 0.328 e. The molecule has 0 aliphatic carbocycles. The molecule has 0 unspecified atom stereocenters. The van der Waals surface area contributed by atoms with E-state index in [-0.39, 0.29) is 12.5 Å². The first-order valence-electron chi connectivity index (χ1n) is 11.8. The summed E-state index contributed by atoms with van der Waals surface area (Å²) in [5.74, 6) is -1.77. The largest absolute Gasteiger partial charge is 0.478 e. The summed E-state index contributed by atoms with van der Waals surface area (Å²) in [6, 6.07) is 28.6. The van der Waals surface area contributed by atoms with Crippen LogP contribution in [0.4, 0.5) is 15.8 Å². The van der Waals surface area contributed by atoms with Crippen molar-refractivity contribution < 1.29 is 19.1 Å². The highest BCUT2D eigenvalue weighted by Crippen LogP contribution is 2.27. The molecule has 1 N–H and O–H groups in total. The van der Waals surface area contributed by atoms with Crippen LogP contribution >= 0.6 is 0 Å². The summed E-state index contributed by atoms with van der Waals surface area (Å²) >= 11 is 0. The number of halogens is 1. The lowest BCUT2D eigenvalue weighted by Gasteiger charge is -2.24. The van der Waals surface area contributed by atoms with E-state index in [9.17, 15) is 9.59 Å². The zero-order chi connectivity index (χ0) is 26.4. The van der Waals surface area contributed by atoms with E-state index in [0.29, 0.717) is 22.4 Å². The zero-order valence-electron chi connectivity index (χ0n) is 20.6. The van der Waals surface area contributed by atoms with Crippen LogP contribution in [0.1, 0.15) is 21.5 Å². The lowest BCUT2D eigenvalue weighted by Crippen LogP contribution is -2.30. The molecule has 0 aromatic heterocycles. The molecule has 0 heterocycles. The van der Waals surface area contributed by atoms with Gasteiger partial charge in [-0.1, -0.05) is 54.6 Å². The summed E-state index contributed by atoms with van der Waals surface area (Å²) in [7, 11) is 3.92. The Balaban J connectivity index is 1.67. The van der Waals surface area contributed by atoms with Gasteiger partial charge < -0.3 is 14.9 Å². The number of aliphatic carboxylic acids is 1. The second kappa shape index (κ2) is 11.4. The van der Waals surface area contributed by atoms with Gasteiger partial charge in [-0.05, 0) is 65.2 Å². The molecule has 37 heavy (non-hydrogen) atoms. The van der Waals surface area contributed by atoms with Crippen molar-refractivity contribution in [1.29, 1.82) is 0 Å². The lowest BCUT2D eigenvalue weighted by molar-refractivity contribution is -0.131. The minimum absolute atomic E-state index is 0.00546. The van der Waals surface area contributed by atoms with Crippen LogP contribution in [-0.2, 0) is 11.3 Å². The van der Waals surface area contributed by atoms with Crippen LogP contribution in [0.15, 0.2) is 103 Å². The summed E-state index contributed by atoms with van der Waals surface area (Å²) in [4.78, 5) is 27.9. The number of carboxylic acid groups (broad SMARTS) is 1. The van der Waals surface area contributed by atoms with Crippen molar-refractivity contribution in [2.24, 2.45) is 0 Å². The van der Waals surface area contributed by atoms with E-state index < -0.39 is 11.8 Å². The highest BCUT2D eigenvalue weighted by molar-refractivity contribution is 6.06. The van der Waals surface area contributed by atoms with Crippen molar-refractivity contribution in [3.63, 3.8) is 0 Å². The molecule has 4 aromatic carbocycles. The first-order valence-corrected chi connectivity index (χ1v) is 11.8. The number of amides is 1. The monoisotopic (exact) mass is 494 g/mol. The van der Waals surface area contributed by atoms with E-state index in [4.69, 9.17) is 5.11 Å². The maximum atomic E-state index is 15.4. The van der Waals surface area contributed by atoms with Crippen LogP contribution in [0.2, 0.25) is 0 Å². The van der Waals surface area contributed by atoms with Crippen LogP contribution in [0.25, 0.3) is 17.2 Å². The molecule has 5 nitrogen and oxygen atoms in total. The quantitative estimate of drug-likeness (QED) is 0.284. The van der Waals surface area contributed by atoms with Crippen molar-refractivity contribution in [1.82, 2.24) is 0 Å². The van der Waals surface area contributed by atoms with Crippen LogP contribution in [0.5, 0.6) is 0 Å². The molecule has 0 fully saturated rings. The van der Waals surface area contributed by atoms with Gasteiger partial charge in [0.25, 0.3) is 5.91 Å². The number of nitrogens with zero attached hydrogens (tertiary/aromatic N) is 2. The first-order chi connectivity index (χ1) is 17.8. The Hall–Kier alpha value is -4.71. The number of hydrogen-bond acceptors (Lipinski definition) is 3. The fourth-order valence-electron chi connectivity index (χ4n) is 3.96. The third kappa shape index (κ3) is 6.30. The van der Waals surface area contributed by atoms with Crippen molar-refractivity contribution >= 4 is 29.3 Å². The average Bonchev–Trinajstić information content (AvgIpc) is 2.91. The SMILES string of the molecule is CN(C)c1ccc(-c2ccc(CN(C(=O)c3ccccc3)c3cccc(C=CC(=O)O)c3)c(F)c2)cc1. The van der Waals surface area contributed by atoms with E-state index in [1.165, 1.54) is 17.0 Å². The second-order valence-electron chi connectivity index (χ2n) is 8.77. The molecule has 4 aromatic rings. The van der Waals surface area contributed by atoms with Crippen molar-refractivity contribution in [3.8, 4) is 11.1 Å². The van der Waals surface area contributed by atoms with Gasteiger partial charge in [0.1, 0.15) is 5.82 Å². The van der Waals surface area contributed by atoms with Gasteiger partial charge in [0.2, 0.25) is 0 Å². The van der Waals surface area contributed by atoms with E-state index in [0.717, 1.165) is 22.9 Å². The summed E-state index contributed by atoms with van der Waals surface area (Å²) in [6.45, 7) is 0.00546. The molecule has 0 aliphatic rings. The molecular weight excluding hydrogens is 467 g/mol. The standard InChI is InChI=1S/C31H27FN2O3/c1-33(2)27-16-14-23(15-17-27)25-12-13-26(29(32)20-25)21-34(31(37)24-8-4-3-5-9-24)28-10-6-7-22(19-28)11-18-30(35)36/h3-20H,21H2,1-2H3,(H,35,36). The van der Waals surface area contributed by atoms with Crippen LogP contribution in [0.3, 0.4) is 0 Å². The molecule has 0 spiro atoms. The summed E-state index contributed by atoms with van der Waals surface area (Å²) < 4.78 is 15.4. The van der Waals surface area contributed by atoms with E-state index in [1.54, 1.807) is 54.6 Å². The average molecular weight is 495 g/mol. The fourth-order valence-corrected chi connectivity index (χ4v) is 3.96. The number of carboxylic acids is 1. The topological polar surface area (TPSA) is 60.9 Å². The van der Waals surface area contributed by atoms with Gasteiger partial charge in [-0.2, -0.15) is 0 Å². The Bertz CT molecular complexity index is 1430. The zero-order valence-corrected chi connectivity index (χ0v) is 20.6. The predicted octanol–water partition coefficient (Wildman–Crippen LogP) is 6.50. The molecule has 186 valence electrons. The fraction of sp³-hybridized carbons (Fsp3) is 0.0968. The Morgan fingerprint density at radius 2 is 1.51 bits per heavy atom. The smallest absolute Gasteiger partial charge is 0.328 e. The molecule has 0 saturated carbocycles. The maximum absolute atomic E-state index is 15.4. The Kier molecular flexibility index (Phi) is 7.79. The van der Waals surface area contributed by atoms with E-state index in [1.807, 2.05) is 55.4 Å². The van der Waals surface area contributed by atoms with Gasteiger partial charge in [0, 0.05) is 42.7 Å². The van der Waals surface area contributed by atoms with Gasteiger partial charge in [0.05, 0.1) is 6.54 Å². The van der Waals surface area contributed by atoms with Gasteiger partial charge in [-0.3, -0.25) is 4.79 Å². The van der Waals surface area contributed by atoms with Gasteiger partial charge in [-0.15, -0.1) is 0 Å². The third-order valence-electron chi connectivity index (χ3n) is 5.96. The van der Waals surface area contributed by atoms with Gasteiger partial charge >= 0.3 is 5.97 Å². The number of carbonyl (C=O) groups is 2. The van der Waals surface area contributed by atoms with Crippen molar-refractivity contribution in [3.05, 3.63) is 126 Å². The molecular formula is C31H27FN2O3. The summed E-state index contributed by atoms with van der Waals surface area (Å²) in [5, 5.41) is 8.96. The molecule has 6 heteroatoms. The molecule has 0 aliphatic heterocycles. The molecule has 0 atom stereocenters. The van der Waals surface area contributed by atoms with E-state index in [2.05, 4.69) is 0 Å². The van der Waals surface area contributed by atoms with Gasteiger partial charge in [0.15, 0.2) is 0 Å². The lowest BCUT2D eigenvalue weighted by atomic mass is 10.0. The highest BCUT2D eigenvalue weighted by atomic mass is 19.1. The first kappa shape index (κ1) is 25.4. The Morgan fingerprint density at radius 1 is 0.811 bits per heavy atom. The minimum Gasteiger partial charge on any atom is -0.478 e. The number of benzene rings is 4. The minimum atomic E-state index is -1.07. The normalized spacial score (nSPS) is 10.9. The molecule has 1 amide bonds. The molecule has 0 saturated heterocycles. The molecule has 4 rings (SSSR count).